The van der Waals surface area contributed by atoms with Crippen LogP contribution in [0.5, 0.6) is 0 Å². The third-order valence-electron chi connectivity index (χ3n) is 9.75. The first-order valence-corrected chi connectivity index (χ1v) is 16.0. The number of likely N-dealkylation sites (tertiary alicyclic amines) is 1. The SMILES string of the molecule is C[C@H](CO)N1C(=O)[C@@H]2[C@H]3C(=O)O[C@@H](c4ccccc4)[C@H](C)N(C)C(=O)CC/C=C\CN(c4ccc(Cl)cc4)C(=O)[C@@H]1[C@]21C=C[C@H]3O1. The Hall–Kier alpha value is -3.99. The largest absolute Gasteiger partial charge is 0.455 e. The highest BCUT2D eigenvalue weighted by molar-refractivity contribution is 6.30. The summed E-state index contributed by atoms with van der Waals surface area (Å²) in [6.45, 7) is 3.24. The lowest BCUT2D eigenvalue weighted by Gasteiger charge is -2.37. The fraction of sp³-hybridized carbons (Fsp3) is 0.429. The van der Waals surface area contributed by atoms with Crippen LogP contribution in [0.4, 0.5) is 5.69 Å². The number of carbonyl (C=O) groups is 4. The van der Waals surface area contributed by atoms with E-state index in [4.69, 9.17) is 21.1 Å². The van der Waals surface area contributed by atoms with Gasteiger partial charge in [-0.3, -0.25) is 19.2 Å². The highest BCUT2D eigenvalue weighted by Gasteiger charge is 2.74. The molecule has 2 fully saturated rings. The number of halogens is 1. The van der Waals surface area contributed by atoms with Crippen molar-refractivity contribution in [3.63, 3.8) is 0 Å². The fourth-order valence-electron chi connectivity index (χ4n) is 7.21. The van der Waals surface area contributed by atoms with Crippen LogP contribution in [0.15, 0.2) is 78.9 Å². The van der Waals surface area contributed by atoms with Gasteiger partial charge in [0.15, 0.2) is 0 Å². The lowest BCUT2D eigenvalue weighted by Crippen LogP contribution is -2.58. The van der Waals surface area contributed by atoms with Crippen LogP contribution < -0.4 is 4.90 Å². The maximum Gasteiger partial charge on any atom is 0.313 e. The number of likely N-dealkylation sites (N-methyl/N-ethyl adjacent to an activating group) is 1. The number of rotatable bonds is 4. The maximum atomic E-state index is 14.7. The zero-order chi connectivity index (χ0) is 32.7. The highest BCUT2D eigenvalue weighted by atomic mass is 35.5. The Morgan fingerprint density at radius 2 is 1.74 bits per heavy atom. The molecule has 4 heterocycles. The van der Waals surface area contributed by atoms with Gasteiger partial charge in [0.25, 0.3) is 5.91 Å². The van der Waals surface area contributed by atoms with Gasteiger partial charge in [-0.25, -0.2) is 0 Å². The van der Waals surface area contributed by atoms with E-state index in [1.807, 2.05) is 49.4 Å². The first-order valence-electron chi connectivity index (χ1n) is 15.6. The van der Waals surface area contributed by atoms with Crippen LogP contribution in [0.1, 0.15) is 38.4 Å². The Kier molecular flexibility index (Phi) is 8.80. The van der Waals surface area contributed by atoms with Crippen molar-refractivity contribution in [2.45, 2.75) is 62.6 Å². The molecule has 46 heavy (non-hydrogen) atoms. The van der Waals surface area contributed by atoms with Gasteiger partial charge < -0.3 is 29.3 Å². The number of cyclic esters (lactones) is 1. The topological polar surface area (TPSA) is 117 Å². The number of esters is 1. The molecule has 3 amide bonds. The molecule has 1 N–H and O–H groups in total. The van der Waals surface area contributed by atoms with Gasteiger partial charge in [0.05, 0.1) is 30.7 Å². The number of fused-ring (bicyclic) bond motifs is 2. The molecule has 4 aliphatic heterocycles. The van der Waals surface area contributed by atoms with Gasteiger partial charge in [0.2, 0.25) is 11.8 Å². The number of benzene rings is 2. The smallest absolute Gasteiger partial charge is 0.313 e. The van der Waals surface area contributed by atoms with Crippen molar-refractivity contribution in [3.8, 4) is 0 Å². The Balaban J connectivity index is 1.47. The minimum atomic E-state index is -1.45. The average Bonchev–Trinajstić information content (AvgIpc) is 3.71. The molecule has 1 spiro atoms. The van der Waals surface area contributed by atoms with E-state index in [1.165, 1.54) is 9.80 Å². The van der Waals surface area contributed by atoms with E-state index in [0.29, 0.717) is 22.7 Å². The fourth-order valence-corrected chi connectivity index (χ4v) is 7.34. The lowest BCUT2D eigenvalue weighted by molar-refractivity contribution is -0.164. The predicted molar refractivity (Wildman–Crippen MR) is 171 cm³/mol. The molecule has 0 saturated carbocycles. The Labute approximate surface area is 273 Å². The molecular formula is C35H38ClN3O7. The van der Waals surface area contributed by atoms with Gasteiger partial charge in [-0.1, -0.05) is 66.2 Å². The van der Waals surface area contributed by atoms with Crippen molar-refractivity contribution >= 4 is 41.0 Å². The molecule has 11 heteroatoms. The number of ether oxygens (including phenoxy) is 2. The van der Waals surface area contributed by atoms with Gasteiger partial charge in [0, 0.05) is 30.7 Å². The van der Waals surface area contributed by atoms with Crippen molar-refractivity contribution in [1.29, 1.82) is 0 Å². The summed E-state index contributed by atoms with van der Waals surface area (Å²) in [6, 6.07) is 13.5. The molecule has 242 valence electrons. The standard InChI is InChI=1S/C35H38ClN3O7/c1-21(20-40)39-31-33(43)38(25-15-13-24(36)14-16-25)19-9-5-8-12-27(41)37(3)22(2)30(23-10-6-4-7-11-23)45-34(44)28-26-17-18-35(31,46-26)29(28)32(39)42/h4-7,9-11,13-18,21-22,26,28-31,40H,8,12,19-20H2,1-3H3/b9-5-/t21-,22+,26-,28+,29+,30-,31-,35+/m1/s1. The van der Waals surface area contributed by atoms with Crippen LogP contribution >= 0.6 is 11.6 Å². The van der Waals surface area contributed by atoms with E-state index in [1.54, 1.807) is 55.3 Å². The second-order valence-electron chi connectivity index (χ2n) is 12.4. The summed E-state index contributed by atoms with van der Waals surface area (Å²) in [5.41, 5.74) is -0.201. The molecule has 2 aromatic carbocycles. The normalized spacial score (nSPS) is 32.9. The lowest BCUT2D eigenvalue weighted by atomic mass is 9.74. The summed E-state index contributed by atoms with van der Waals surface area (Å²) in [5, 5.41) is 10.7. The first kappa shape index (κ1) is 32.0. The van der Waals surface area contributed by atoms with E-state index >= 15 is 0 Å². The third kappa shape index (κ3) is 5.32. The number of hydrogen-bond donors (Lipinski definition) is 1. The summed E-state index contributed by atoms with van der Waals surface area (Å²) in [4.78, 5) is 61.1. The number of amides is 3. The molecule has 8 atom stereocenters. The third-order valence-corrected chi connectivity index (χ3v) is 10.0. The van der Waals surface area contributed by atoms with Gasteiger partial charge in [-0.05, 0) is 50.1 Å². The average molecular weight is 648 g/mol. The zero-order valence-electron chi connectivity index (χ0n) is 26.0. The van der Waals surface area contributed by atoms with E-state index in [2.05, 4.69) is 0 Å². The summed E-state index contributed by atoms with van der Waals surface area (Å²) in [6.07, 6.45) is 6.14. The van der Waals surface area contributed by atoms with Crippen LogP contribution in [0.25, 0.3) is 0 Å². The maximum absolute atomic E-state index is 14.7. The number of allylic oxidation sites excluding steroid dienone is 1. The molecule has 0 radical (unpaired) electrons. The summed E-state index contributed by atoms with van der Waals surface area (Å²) in [5.74, 6) is -3.76. The van der Waals surface area contributed by atoms with Gasteiger partial charge in [-0.15, -0.1) is 0 Å². The number of aliphatic hydroxyl groups is 1. The van der Waals surface area contributed by atoms with Crippen LogP contribution in [0, 0.1) is 11.8 Å². The minimum absolute atomic E-state index is 0.128. The van der Waals surface area contributed by atoms with Crippen LogP contribution in [-0.4, -0.2) is 88.6 Å². The summed E-state index contributed by atoms with van der Waals surface area (Å²) >= 11 is 6.17. The molecule has 2 aromatic rings. The molecule has 2 saturated heterocycles. The number of hydrogen-bond acceptors (Lipinski definition) is 7. The molecule has 4 aliphatic rings. The summed E-state index contributed by atoms with van der Waals surface area (Å²) < 4.78 is 12.7. The number of nitrogens with zero attached hydrogens (tertiary/aromatic N) is 3. The first-order chi connectivity index (χ1) is 22.1. The van der Waals surface area contributed by atoms with E-state index in [0.717, 1.165) is 0 Å². The van der Waals surface area contributed by atoms with E-state index < -0.39 is 72.2 Å². The number of aliphatic hydroxyl groups excluding tert-OH is 1. The quantitative estimate of drug-likeness (QED) is 0.398. The van der Waals surface area contributed by atoms with Crippen LogP contribution in [0.2, 0.25) is 5.02 Å². The molecule has 0 aliphatic carbocycles. The number of carbonyl (C=O) groups excluding carboxylic acids is 4. The molecule has 6 rings (SSSR count). The highest BCUT2D eigenvalue weighted by Crippen LogP contribution is 2.56. The van der Waals surface area contributed by atoms with Crippen LogP contribution in [-0.2, 0) is 28.7 Å². The predicted octanol–water partition coefficient (Wildman–Crippen LogP) is 3.69. The second-order valence-corrected chi connectivity index (χ2v) is 12.9. The van der Waals surface area contributed by atoms with Gasteiger partial charge >= 0.3 is 5.97 Å². The Morgan fingerprint density at radius 3 is 2.43 bits per heavy atom. The van der Waals surface area contributed by atoms with Gasteiger partial charge in [-0.2, -0.15) is 0 Å². The van der Waals surface area contributed by atoms with Crippen molar-refractivity contribution in [2.24, 2.45) is 11.8 Å². The van der Waals surface area contributed by atoms with Crippen molar-refractivity contribution in [1.82, 2.24) is 9.80 Å². The van der Waals surface area contributed by atoms with Crippen LogP contribution in [0.3, 0.4) is 0 Å². The van der Waals surface area contributed by atoms with Crippen molar-refractivity contribution in [2.75, 3.05) is 25.1 Å². The monoisotopic (exact) mass is 647 g/mol. The Morgan fingerprint density at radius 1 is 1.02 bits per heavy atom. The number of anilines is 1. The van der Waals surface area contributed by atoms with E-state index in [9.17, 15) is 24.3 Å². The van der Waals surface area contributed by atoms with Gasteiger partial charge in [0.1, 0.15) is 23.7 Å². The summed E-state index contributed by atoms with van der Waals surface area (Å²) in [7, 11) is 1.69. The van der Waals surface area contributed by atoms with E-state index in [-0.39, 0.29) is 18.9 Å². The second kappa shape index (κ2) is 12.7. The minimum Gasteiger partial charge on any atom is -0.455 e. The molecule has 10 nitrogen and oxygen atoms in total. The molecule has 0 aromatic heterocycles. The van der Waals surface area contributed by atoms with Crippen molar-refractivity contribution < 1.29 is 33.8 Å². The molecular weight excluding hydrogens is 610 g/mol. The molecule has 0 unspecified atom stereocenters. The van der Waals surface area contributed by atoms with Crippen molar-refractivity contribution in [3.05, 3.63) is 89.5 Å². The zero-order valence-corrected chi connectivity index (χ0v) is 26.7. The Bertz CT molecular complexity index is 1560. The molecule has 5 bridgehead atoms.